The largest absolute Gasteiger partial charge is 0.252 e. The minimum atomic E-state index is -0.104. The third-order valence-corrected chi connectivity index (χ3v) is 6.99. The topological polar surface area (TPSA) is 12.4 Å². The molecule has 4 rings (SSSR count). The fourth-order valence-electron chi connectivity index (χ4n) is 4.88. The Kier molecular flexibility index (Phi) is 7.22. The molecular formula is C35H35N. The van der Waals surface area contributed by atoms with E-state index in [4.69, 9.17) is 4.99 Å². The molecular weight excluding hydrogens is 434 g/mol. The van der Waals surface area contributed by atoms with Gasteiger partial charge in [-0.05, 0) is 71.9 Å². The van der Waals surface area contributed by atoms with Gasteiger partial charge in [-0.25, -0.2) is 0 Å². The van der Waals surface area contributed by atoms with Gasteiger partial charge in [-0.15, -0.1) is 0 Å². The van der Waals surface area contributed by atoms with E-state index >= 15 is 0 Å². The molecule has 0 saturated heterocycles. The van der Waals surface area contributed by atoms with Gasteiger partial charge in [0.15, 0.2) is 0 Å². The van der Waals surface area contributed by atoms with E-state index in [1.807, 2.05) is 24.3 Å². The lowest BCUT2D eigenvalue weighted by atomic mass is 9.80. The maximum atomic E-state index is 5.06. The van der Waals surface area contributed by atoms with Crippen LogP contribution in [-0.2, 0) is 5.41 Å². The smallest absolute Gasteiger partial charge is 0.0711 e. The number of rotatable bonds is 7. The van der Waals surface area contributed by atoms with Gasteiger partial charge >= 0.3 is 0 Å². The number of hydrogen-bond donors (Lipinski definition) is 0. The van der Waals surface area contributed by atoms with Crippen LogP contribution in [0.4, 0.5) is 0 Å². The van der Waals surface area contributed by atoms with Crippen LogP contribution in [0.15, 0.2) is 121 Å². The first kappa shape index (κ1) is 25.1. The number of benzene rings is 3. The van der Waals surface area contributed by atoms with E-state index in [2.05, 4.69) is 121 Å². The molecule has 1 aliphatic rings. The van der Waals surface area contributed by atoms with Gasteiger partial charge in [-0.3, -0.25) is 4.99 Å². The summed E-state index contributed by atoms with van der Waals surface area (Å²) in [5.41, 5.74) is 12.3. The van der Waals surface area contributed by atoms with Gasteiger partial charge in [0, 0.05) is 16.7 Å². The van der Waals surface area contributed by atoms with Crippen molar-refractivity contribution in [2.24, 2.45) is 4.99 Å². The highest BCUT2D eigenvalue weighted by atomic mass is 14.8. The van der Waals surface area contributed by atoms with Crippen LogP contribution in [0.1, 0.15) is 61.1 Å². The van der Waals surface area contributed by atoms with Crippen LogP contribution in [-0.4, -0.2) is 5.71 Å². The van der Waals surface area contributed by atoms with E-state index in [9.17, 15) is 0 Å². The Balaban J connectivity index is 1.78. The molecule has 180 valence electrons. The highest BCUT2D eigenvalue weighted by Gasteiger charge is 2.35. The van der Waals surface area contributed by atoms with E-state index in [1.165, 1.54) is 27.8 Å². The SMILES string of the molecule is C=CC1=C(/C=C\C)C(C)(C)c2cc(C(=C)/C=C(\N=C(C)c3ccccc3)c3ccc(C)cc3)ccc21. The number of aryl methyl sites for hydroxylation is 1. The van der Waals surface area contributed by atoms with E-state index in [0.717, 1.165) is 33.7 Å². The third kappa shape index (κ3) is 4.88. The lowest BCUT2D eigenvalue weighted by molar-refractivity contribution is 0.654. The van der Waals surface area contributed by atoms with E-state index < -0.39 is 0 Å². The molecule has 0 fully saturated rings. The Bertz CT molecular complexity index is 1420. The monoisotopic (exact) mass is 469 g/mol. The fourth-order valence-corrected chi connectivity index (χ4v) is 4.88. The molecule has 1 nitrogen and oxygen atoms in total. The lowest BCUT2D eigenvalue weighted by Crippen LogP contribution is -2.16. The summed E-state index contributed by atoms with van der Waals surface area (Å²) < 4.78 is 0. The average Bonchev–Trinajstić information content (AvgIpc) is 3.10. The molecule has 0 amide bonds. The second-order valence-corrected chi connectivity index (χ2v) is 9.90. The Labute approximate surface area is 216 Å². The van der Waals surface area contributed by atoms with E-state index in [0.29, 0.717) is 0 Å². The van der Waals surface area contributed by atoms with Crippen molar-refractivity contribution in [3.8, 4) is 0 Å². The number of allylic oxidation sites excluding steroid dienone is 7. The maximum absolute atomic E-state index is 5.06. The molecule has 0 aliphatic heterocycles. The summed E-state index contributed by atoms with van der Waals surface area (Å²) in [4.78, 5) is 5.06. The van der Waals surface area contributed by atoms with Crippen LogP contribution >= 0.6 is 0 Å². The van der Waals surface area contributed by atoms with E-state index in [-0.39, 0.29) is 5.41 Å². The molecule has 0 bridgehead atoms. The van der Waals surface area contributed by atoms with Gasteiger partial charge in [0.25, 0.3) is 0 Å². The number of nitrogens with zero attached hydrogens (tertiary/aromatic N) is 1. The zero-order valence-electron chi connectivity index (χ0n) is 22.1. The van der Waals surface area contributed by atoms with Crippen molar-refractivity contribution in [3.63, 3.8) is 0 Å². The average molecular weight is 470 g/mol. The molecule has 0 aromatic heterocycles. The molecule has 0 saturated carbocycles. The van der Waals surface area contributed by atoms with Gasteiger partial charge in [0.05, 0.1) is 5.70 Å². The quantitative estimate of drug-likeness (QED) is 0.241. The second-order valence-electron chi connectivity index (χ2n) is 9.90. The number of aliphatic imine (C=N–C) groups is 1. The summed E-state index contributed by atoms with van der Waals surface area (Å²) in [5, 5.41) is 0. The van der Waals surface area contributed by atoms with Crippen LogP contribution in [0.5, 0.6) is 0 Å². The van der Waals surface area contributed by atoms with Gasteiger partial charge in [-0.2, -0.15) is 0 Å². The van der Waals surface area contributed by atoms with Crippen molar-refractivity contribution in [3.05, 3.63) is 149 Å². The van der Waals surface area contributed by atoms with Gasteiger partial charge < -0.3 is 0 Å². The molecule has 0 radical (unpaired) electrons. The van der Waals surface area contributed by atoms with Crippen LogP contribution in [0.25, 0.3) is 16.8 Å². The van der Waals surface area contributed by atoms with Crippen LogP contribution in [0, 0.1) is 6.92 Å². The molecule has 3 aromatic rings. The summed E-state index contributed by atoms with van der Waals surface area (Å²) in [6.07, 6.45) is 8.40. The van der Waals surface area contributed by atoms with Crippen LogP contribution in [0.2, 0.25) is 0 Å². The fraction of sp³-hybridized carbons (Fsp3) is 0.171. The van der Waals surface area contributed by atoms with Gasteiger partial charge in [-0.1, -0.05) is 118 Å². The summed E-state index contributed by atoms with van der Waals surface area (Å²) in [7, 11) is 0. The zero-order valence-corrected chi connectivity index (χ0v) is 22.1. The second kappa shape index (κ2) is 10.3. The Hall–Kier alpha value is -3.97. The number of fused-ring (bicyclic) bond motifs is 1. The summed E-state index contributed by atoms with van der Waals surface area (Å²) in [6.45, 7) is 19.3. The molecule has 0 heterocycles. The van der Waals surface area contributed by atoms with E-state index in [1.54, 1.807) is 0 Å². The van der Waals surface area contributed by atoms with Crippen molar-refractivity contribution in [2.75, 3.05) is 0 Å². The zero-order chi connectivity index (χ0) is 25.9. The molecule has 1 heteroatoms. The number of hydrogen-bond acceptors (Lipinski definition) is 1. The predicted molar refractivity (Wildman–Crippen MR) is 158 cm³/mol. The Morgan fingerprint density at radius 1 is 0.889 bits per heavy atom. The molecule has 3 aromatic carbocycles. The predicted octanol–water partition coefficient (Wildman–Crippen LogP) is 9.37. The summed E-state index contributed by atoms with van der Waals surface area (Å²) in [6, 6.07) is 25.5. The third-order valence-electron chi connectivity index (χ3n) is 6.99. The van der Waals surface area contributed by atoms with Crippen LogP contribution < -0.4 is 0 Å². The highest BCUT2D eigenvalue weighted by Crippen LogP contribution is 2.48. The molecule has 0 spiro atoms. The standard InChI is InChI=1S/C35H35N/c1-8-13-32-30(9-2)31-21-20-29(23-33(31)35(32,6)7)25(4)22-34(28-18-16-24(3)17-19-28)36-26(5)27-14-11-10-12-15-27/h8-23H,2,4H2,1,3,5-7H3/b13-8-,34-22-,36-26?. The summed E-state index contributed by atoms with van der Waals surface area (Å²) in [5.74, 6) is 0. The molecule has 0 unspecified atom stereocenters. The molecule has 36 heavy (non-hydrogen) atoms. The first-order valence-electron chi connectivity index (χ1n) is 12.5. The van der Waals surface area contributed by atoms with Crippen molar-refractivity contribution >= 4 is 22.6 Å². The highest BCUT2D eigenvalue weighted by molar-refractivity contribution is 6.02. The molecule has 0 N–H and O–H groups in total. The molecule has 1 aliphatic carbocycles. The van der Waals surface area contributed by atoms with Crippen molar-refractivity contribution in [1.82, 2.24) is 0 Å². The first-order valence-corrected chi connectivity index (χ1v) is 12.5. The molecule has 0 atom stereocenters. The van der Waals surface area contributed by atoms with Crippen molar-refractivity contribution in [2.45, 2.75) is 40.0 Å². The van der Waals surface area contributed by atoms with Crippen molar-refractivity contribution < 1.29 is 0 Å². The van der Waals surface area contributed by atoms with Crippen molar-refractivity contribution in [1.29, 1.82) is 0 Å². The van der Waals surface area contributed by atoms with Crippen LogP contribution in [0.3, 0.4) is 0 Å². The maximum Gasteiger partial charge on any atom is 0.0711 e. The summed E-state index contributed by atoms with van der Waals surface area (Å²) >= 11 is 0. The minimum Gasteiger partial charge on any atom is -0.252 e. The first-order chi connectivity index (χ1) is 17.3. The Morgan fingerprint density at radius 2 is 1.56 bits per heavy atom. The normalized spacial score (nSPS) is 15.4. The Morgan fingerprint density at radius 3 is 2.19 bits per heavy atom. The van der Waals surface area contributed by atoms with Gasteiger partial charge in [0.2, 0.25) is 0 Å². The van der Waals surface area contributed by atoms with Gasteiger partial charge in [0.1, 0.15) is 0 Å². The minimum absolute atomic E-state index is 0.104. The lowest BCUT2D eigenvalue weighted by Gasteiger charge is -2.23.